The molecule has 2 atom stereocenters. The summed E-state index contributed by atoms with van der Waals surface area (Å²) >= 11 is 0. The van der Waals surface area contributed by atoms with Crippen LogP contribution in [0.5, 0.6) is 0 Å². The maximum atomic E-state index is 13.4. The largest absolute Gasteiger partial charge is 0.408 e. The van der Waals surface area contributed by atoms with Crippen molar-refractivity contribution in [2.45, 2.75) is 62.9 Å². The Morgan fingerprint density at radius 1 is 0.963 bits per heavy atom. The van der Waals surface area contributed by atoms with Crippen LogP contribution >= 0.6 is 0 Å². The van der Waals surface area contributed by atoms with Crippen LogP contribution in [0.2, 0.25) is 18.1 Å². The molecule has 0 saturated heterocycles. The zero-order valence-electron chi connectivity index (χ0n) is 16.9. The van der Waals surface area contributed by atoms with Crippen LogP contribution < -0.4 is 4.31 Å². The fourth-order valence-corrected chi connectivity index (χ4v) is 6.26. The number of fused-ring (bicyclic) bond motifs is 1. The highest BCUT2D eigenvalue weighted by Crippen LogP contribution is 2.48. The fourth-order valence-electron chi connectivity index (χ4n) is 3.24. The molecule has 0 saturated carbocycles. The van der Waals surface area contributed by atoms with Crippen LogP contribution in [-0.2, 0) is 14.4 Å². The Labute approximate surface area is 164 Å². The summed E-state index contributed by atoms with van der Waals surface area (Å²) in [5.74, 6) is 0. The average Bonchev–Trinajstić information content (AvgIpc) is 2.87. The molecular weight excluding hydrogens is 374 g/mol. The fraction of sp³-hybridized carbons (Fsp3) is 0.429. The van der Waals surface area contributed by atoms with E-state index in [2.05, 4.69) is 33.9 Å². The first-order valence-electron chi connectivity index (χ1n) is 9.33. The molecule has 0 bridgehead atoms. The normalized spacial score (nSPS) is 20.6. The van der Waals surface area contributed by atoms with Gasteiger partial charge in [-0.05, 0) is 43.3 Å². The van der Waals surface area contributed by atoms with E-state index in [1.54, 1.807) is 24.3 Å². The van der Waals surface area contributed by atoms with Gasteiger partial charge in [-0.25, -0.2) is 8.42 Å². The molecule has 146 valence electrons. The second-order valence-corrected chi connectivity index (χ2v) is 15.3. The van der Waals surface area contributed by atoms with Crippen LogP contribution in [0.1, 0.15) is 39.4 Å². The predicted molar refractivity (Wildman–Crippen MR) is 113 cm³/mol. The molecular formula is C21H29NO3SSi. The van der Waals surface area contributed by atoms with E-state index in [0.29, 0.717) is 4.90 Å². The Hall–Kier alpha value is -1.63. The molecule has 1 aliphatic rings. The third kappa shape index (κ3) is 3.46. The summed E-state index contributed by atoms with van der Waals surface area (Å²) in [6.45, 7) is 12.9. The van der Waals surface area contributed by atoms with E-state index in [1.807, 2.05) is 37.3 Å². The van der Waals surface area contributed by atoms with Gasteiger partial charge in [-0.1, -0.05) is 57.2 Å². The minimum absolute atomic E-state index is 0.0490. The van der Waals surface area contributed by atoms with Gasteiger partial charge < -0.3 is 4.43 Å². The van der Waals surface area contributed by atoms with Crippen LogP contribution in [0, 0.1) is 0 Å². The molecule has 1 heterocycles. The molecule has 6 heteroatoms. The molecule has 0 radical (unpaired) electrons. The molecule has 0 fully saturated rings. The minimum Gasteiger partial charge on any atom is -0.408 e. The molecule has 2 aromatic carbocycles. The Morgan fingerprint density at radius 3 is 2.11 bits per heavy atom. The van der Waals surface area contributed by atoms with E-state index in [4.69, 9.17) is 4.43 Å². The first kappa shape index (κ1) is 20.1. The van der Waals surface area contributed by atoms with Crippen molar-refractivity contribution < 1.29 is 12.8 Å². The number of benzene rings is 2. The summed E-state index contributed by atoms with van der Waals surface area (Å²) in [7, 11) is -5.73. The Morgan fingerprint density at radius 2 is 1.52 bits per heavy atom. The van der Waals surface area contributed by atoms with E-state index in [9.17, 15) is 8.42 Å². The lowest BCUT2D eigenvalue weighted by Gasteiger charge is -2.40. The number of sulfonamides is 1. The zero-order valence-corrected chi connectivity index (χ0v) is 18.7. The first-order valence-corrected chi connectivity index (χ1v) is 13.7. The molecule has 0 aromatic heterocycles. The molecule has 3 rings (SSSR count). The second kappa shape index (κ2) is 6.76. The SMILES string of the molecule is C[C@H]1[C@H](O[Si](C)(C)C(C)(C)C)c2ccccc2N1S(=O)(=O)c1ccccc1. The molecule has 0 spiro atoms. The monoisotopic (exact) mass is 403 g/mol. The zero-order chi connectivity index (χ0) is 20.0. The first-order chi connectivity index (χ1) is 12.5. The lowest BCUT2D eigenvalue weighted by atomic mass is 10.1. The molecule has 0 unspecified atom stereocenters. The summed E-state index contributed by atoms with van der Waals surface area (Å²) in [6.07, 6.45) is -0.263. The van der Waals surface area contributed by atoms with Gasteiger partial charge in [0.05, 0.1) is 22.7 Å². The van der Waals surface area contributed by atoms with Crippen LogP contribution in [-0.4, -0.2) is 22.8 Å². The van der Waals surface area contributed by atoms with E-state index < -0.39 is 18.3 Å². The van der Waals surface area contributed by atoms with Crippen molar-refractivity contribution in [2.75, 3.05) is 4.31 Å². The molecule has 0 amide bonds. The molecule has 1 aliphatic heterocycles. The summed E-state index contributed by atoms with van der Waals surface area (Å²) < 4.78 is 35.0. The second-order valence-electron chi connectivity index (χ2n) is 8.71. The van der Waals surface area contributed by atoms with Crippen molar-refractivity contribution in [1.29, 1.82) is 0 Å². The van der Waals surface area contributed by atoms with Crippen molar-refractivity contribution in [3.8, 4) is 0 Å². The van der Waals surface area contributed by atoms with Gasteiger partial charge in [0.1, 0.15) is 0 Å². The topological polar surface area (TPSA) is 46.6 Å². The number of para-hydroxylation sites is 1. The predicted octanol–water partition coefficient (Wildman–Crippen LogP) is 5.35. The van der Waals surface area contributed by atoms with Crippen molar-refractivity contribution in [1.82, 2.24) is 0 Å². The third-order valence-electron chi connectivity index (χ3n) is 5.82. The highest BCUT2D eigenvalue weighted by Gasteiger charge is 2.47. The van der Waals surface area contributed by atoms with E-state index in [0.717, 1.165) is 11.3 Å². The van der Waals surface area contributed by atoms with Gasteiger partial charge >= 0.3 is 0 Å². The van der Waals surface area contributed by atoms with Gasteiger partial charge in [0, 0.05) is 5.56 Å². The number of hydrogen-bond acceptors (Lipinski definition) is 3. The average molecular weight is 404 g/mol. The van der Waals surface area contributed by atoms with Crippen LogP contribution in [0.3, 0.4) is 0 Å². The van der Waals surface area contributed by atoms with E-state index in [1.165, 1.54) is 4.31 Å². The lowest BCUT2D eigenvalue weighted by Crippen LogP contribution is -2.45. The van der Waals surface area contributed by atoms with Gasteiger partial charge in [0.15, 0.2) is 8.32 Å². The van der Waals surface area contributed by atoms with Gasteiger partial charge in [-0.15, -0.1) is 0 Å². The standard InChI is InChI=1S/C21H29NO3SSi/c1-16-20(25-27(5,6)21(2,3)4)18-14-10-11-15-19(18)22(16)26(23,24)17-12-8-7-9-13-17/h7-16,20H,1-6H3/t16-,20-/m0/s1. The summed E-state index contributed by atoms with van der Waals surface area (Å²) in [6, 6.07) is 16.0. The van der Waals surface area contributed by atoms with Crippen molar-refractivity contribution in [2.24, 2.45) is 0 Å². The molecule has 2 aromatic rings. The Bertz CT molecular complexity index is 920. The summed E-state index contributed by atoms with van der Waals surface area (Å²) in [5.41, 5.74) is 1.67. The third-order valence-corrected chi connectivity index (χ3v) is 12.2. The number of hydrogen-bond donors (Lipinski definition) is 0. The maximum absolute atomic E-state index is 13.4. The molecule has 0 N–H and O–H groups in total. The van der Waals surface area contributed by atoms with Crippen LogP contribution in [0.15, 0.2) is 59.5 Å². The van der Waals surface area contributed by atoms with Gasteiger partial charge in [0.25, 0.3) is 10.0 Å². The Balaban J connectivity index is 2.07. The van der Waals surface area contributed by atoms with Crippen molar-refractivity contribution >= 4 is 24.0 Å². The van der Waals surface area contributed by atoms with Crippen molar-refractivity contribution in [3.63, 3.8) is 0 Å². The van der Waals surface area contributed by atoms with Gasteiger partial charge in [-0.2, -0.15) is 0 Å². The Kier molecular flexibility index (Phi) is 5.03. The minimum atomic E-state index is -3.66. The highest BCUT2D eigenvalue weighted by molar-refractivity contribution is 7.92. The van der Waals surface area contributed by atoms with E-state index >= 15 is 0 Å². The number of nitrogens with zero attached hydrogens (tertiary/aromatic N) is 1. The highest BCUT2D eigenvalue weighted by atomic mass is 32.2. The van der Waals surface area contributed by atoms with Gasteiger partial charge in [0.2, 0.25) is 0 Å². The quantitative estimate of drug-likeness (QED) is 0.647. The van der Waals surface area contributed by atoms with Gasteiger partial charge in [-0.3, -0.25) is 4.31 Å². The lowest BCUT2D eigenvalue weighted by molar-refractivity contribution is 0.172. The molecule has 0 aliphatic carbocycles. The number of anilines is 1. The molecule has 4 nitrogen and oxygen atoms in total. The van der Waals surface area contributed by atoms with E-state index in [-0.39, 0.29) is 17.2 Å². The summed E-state index contributed by atoms with van der Waals surface area (Å²) in [4.78, 5) is 0.305. The van der Waals surface area contributed by atoms with Crippen LogP contribution in [0.25, 0.3) is 0 Å². The number of rotatable bonds is 4. The van der Waals surface area contributed by atoms with Crippen molar-refractivity contribution in [3.05, 3.63) is 60.2 Å². The van der Waals surface area contributed by atoms with Crippen LogP contribution in [0.4, 0.5) is 5.69 Å². The summed E-state index contributed by atoms with van der Waals surface area (Å²) in [5, 5.41) is 0.0490. The molecule has 27 heavy (non-hydrogen) atoms. The maximum Gasteiger partial charge on any atom is 0.264 e. The smallest absolute Gasteiger partial charge is 0.264 e.